The van der Waals surface area contributed by atoms with E-state index in [0.717, 1.165) is 6.42 Å². The maximum absolute atomic E-state index is 12.3. The molecule has 0 aliphatic rings. The van der Waals surface area contributed by atoms with E-state index in [1.807, 2.05) is 13.8 Å². The molecule has 7 heteroatoms. The van der Waals surface area contributed by atoms with Crippen molar-refractivity contribution in [2.45, 2.75) is 26.4 Å². The molecule has 6 nitrogen and oxygen atoms in total. The van der Waals surface area contributed by atoms with Gasteiger partial charge in [-0.2, -0.15) is 0 Å². The van der Waals surface area contributed by atoms with E-state index in [1.165, 1.54) is 6.07 Å². The molecule has 2 aromatic carbocycles. The van der Waals surface area contributed by atoms with Gasteiger partial charge in [0, 0.05) is 5.56 Å². The summed E-state index contributed by atoms with van der Waals surface area (Å²) in [6.45, 7) is 4.00. The van der Waals surface area contributed by atoms with E-state index in [1.54, 1.807) is 42.5 Å². The molecule has 0 unspecified atom stereocenters. The Hall–Kier alpha value is -2.93. The number of para-hydroxylation sites is 1. The number of rotatable bonds is 6. The quantitative estimate of drug-likeness (QED) is 0.671. The molecule has 0 aromatic heterocycles. The molecule has 1 amide bonds. The van der Waals surface area contributed by atoms with Gasteiger partial charge in [-0.05, 0) is 62.0 Å². The van der Waals surface area contributed by atoms with Crippen molar-refractivity contribution < 1.29 is 19.4 Å². The summed E-state index contributed by atoms with van der Waals surface area (Å²) in [5.41, 5.74) is 0.787. The maximum atomic E-state index is 12.3. The van der Waals surface area contributed by atoms with Crippen molar-refractivity contribution in [2.75, 3.05) is 5.32 Å². The van der Waals surface area contributed by atoms with Crippen LogP contribution in [0, 0.1) is 0 Å². The fourth-order valence-electron chi connectivity index (χ4n) is 2.11. The van der Waals surface area contributed by atoms with Gasteiger partial charge in [-0.15, -0.1) is 0 Å². The van der Waals surface area contributed by atoms with Crippen LogP contribution in [0.15, 0.2) is 48.5 Å². The minimum absolute atomic E-state index is 0.0173. The first kappa shape index (κ1) is 19.4. The second kappa shape index (κ2) is 8.96. The summed E-state index contributed by atoms with van der Waals surface area (Å²) in [7, 11) is 0. The largest absolute Gasteiger partial charge is 0.491 e. The van der Waals surface area contributed by atoms with Crippen LogP contribution >= 0.6 is 12.2 Å². The molecule has 0 bridgehead atoms. The summed E-state index contributed by atoms with van der Waals surface area (Å²) in [5, 5.41) is 14.4. The zero-order valence-electron chi connectivity index (χ0n) is 14.5. The van der Waals surface area contributed by atoms with E-state index in [2.05, 4.69) is 10.6 Å². The number of carbonyl (C=O) groups is 2. The maximum Gasteiger partial charge on any atom is 0.337 e. The zero-order valence-corrected chi connectivity index (χ0v) is 15.3. The van der Waals surface area contributed by atoms with Crippen LogP contribution in [0.2, 0.25) is 0 Å². The smallest absolute Gasteiger partial charge is 0.337 e. The number of carbonyl (C=O) groups excluding carboxylic acids is 1. The first-order valence-corrected chi connectivity index (χ1v) is 8.53. The van der Waals surface area contributed by atoms with E-state index in [0.29, 0.717) is 17.0 Å². The summed E-state index contributed by atoms with van der Waals surface area (Å²) < 4.78 is 5.67. The van der Waals surface area contributed by atoms with E-state index in [9.17, 15) is 9.59 Å². The Morgan fingerprint density at radius 1 is 1.15 bits per heavy atom. The molecule has 26 heavy (non-hydrogen) atoms. The third kappa shape index (κ3) is 5.29. The average Bonchev–Trinajstić information content (AvgIpc) is 2.62. The number of benzene rings is 2. The van der Waals surface area contributed by atoms with Gasteiger partial charge >= 0.3 is 5.97 Å². The van der Waals surface area contributed by atoms with E-state index >= 15 is 0 Å². The normalized spacial score (nSPS) is 11.3. The summed E-state index contributed by atoms with van der Waals surface area (Å²) in [4.78, 5) is 23.5. The highest BCUT2D eigenvalue weighted by Gasteiger charge is 2.12. The average molecular weight is 372 g/mol. The number of thiocarbonyl (C=S) groups is 1. The second-order valence-corrected chi connectivity index (χ2v) is 6.03. The lowest BCUT2D eigenvalue weighted by Gasteiger charge is -2.13. The molecule has 0 spiro atoms. The Kier molecular flexibility index (Phi) is 6.68. The molecule has 0 heterocycles. The molecular weight excluding hydrogens is 352 g/mol. The van der Waals surface area contributed by atoms with E-state index in [4.69, 9.17) is 22.1 Å². The molecule has 0 saturated heterocycles. The molecule has 1 atom stereocenters. The number of amides is 1. The molecule has 2 aromatic rings. The lowest BCUT2D eigenvalue weighted by molar-refractivity contribution is 0.0697. The number of anilines is 1. The van der Waals surface area contributed by atoms with Gasteiger partial charge in [0.2, 0.25) is 0 Å². The van der Waals surface area contributed by atoms with Crippen LogP contribution in [0.4, 0.5) is 5.69 Å². The standard InChI is InChI=1S/C19H20N2O4S/c1-3-12(2)25-14-10-8-13(9-11-14)17(22)21-19(26)20-16-7-5-4-6-15(16)18(23)24/h4-12H,3H2,1-2H3,(H,23,24)(H2,20,21,22,26)/t12-/m0/s1. The third-order valence-electron chi connectivity index (χ3n) is 3.66. The van der Waals surface area contributed by atoms with Crippen LogP contribution in [0.5, 0.6) is 5.75 Å². The Labute approximate surface area is 157 Å². The lowest BCUT2D eigenvalue weighted by atomic mass is 10.2. The number of hydrogen-bond acceptors (Lipinski definition) is 4. The highest BCUT2D eigenvalue weighted by molar-refractivity contribution is 7.80. The van der Waals surface area contributed by atoms with Gasteiger partial charge in [-0.3, -0.25) is 10.1 Å². The molecule has 0 aliphatic heterocycles. The fourth-order valence-corrected chi connectivity index (χ4v) is 2.31. The molecule has 136 valence electrons. The van der Waals surface area contributed by atoms with Gasteiger partial charge in [0.1, 0.15) is 5.75 Å². The highest BCUT2D eigenvalue weighted by Crippen LogP contribution is 2.16. The van der Waals surface area contributed by atoms with Gasteiger partial charge in [0.15, 0.2) is 5.11 Å². The Bertz CT molecular complexity index is 805. The lowest BCUT2D eigenvalue weighted by Crippen LogP contribution is -2.34. The number of aromatic carboxylic acids is 1. The topological polar surface area (TPSA) is 87.7 Å². The predicted octanol–water partition coefficient (Wildman–Crippen LogP) is 3.69. The second-order valence-electron chi connectivity index (χ2n) is 5.62. The van der Waals surface area contributed by atoms with Gasteiger partial charge in [0.25, 0.3) is 5.91 Å². The molecular formula is C19H20N2O4S. The van der Waals surface area contributed by atoms with Crippen molar-refractivity contribution in [1.82, 2.24) is 5.32 Å². The van der Waals surface area contributed by atoms with Crippen LogP contribution in [0.3, 0.4) is 0 Å². The molecule has 0 radical (unpaired) electrons. The van der Waals surface area contributed by atoms with Gasteiger partial charge < -0.3 is 15.2 Å². The minimum atomic E-state index is -1.08. The van der Waals surface area contributed by atoms with Gasteiger partial charge in [0.05, 0.1) is 17.4 Å². The van der Waals surface area contributed by atoms with E-state index in [-0.39, 0.29) is 16.8 Å². The number of hydrogen-bond donors (Lipinski definition) is 3. The monoisotopic (exact) mass is 372 g/mol. The van der Waals surface area contributed by atoms with Crippen molar-refractivity contribution in [1.29, 1.82) is 0 Å². The minimum Gasteiger partial charge on any atom is -0.491 e. The molecule has 0 aliphatic carbocycles. The van der Waals surface area contributed by atoms with Crippen LogP contribution < -0.4 is 15.4 Å². The SMILES string of the molecule is CC[C@H](C)Oc1ccc(C(=O)NC(=S)Nc2ccccc2C(=O)O)cc1. The Balaban J connectivity index is 1.99. The van der Waals surface area contributed by atoms with Crippen molar-refractivity contribution >= 4 is 34.9 Å². The van der Waals surface area contributed by atoms with Crippen molar-refractivity contribution in [2.24, 2.45) is 0 Å². The summed E-state index contributed by atoms with van der Waals surface area (Å²) >= 11 is 5.10. The van der Waals surface area contributed by atoms with Crippen LogP contribution in [0.25, 0.3) is 0 Å². The van der Waals surface area contributed by atoms with Gasteiger partial charge in [-0.25, -0.2) is 4.79 Å². The van der Waals surface area contributed by atoms with Crippen molar-refractivity contribution in [3.8, 4) is 5.75 Å². The first-order valence-electron chi connectivity index (χ1n) is 8.12. The fraction of sp³-hybridized carbons (Fsp3) is 0.211. The number of nitrogens with one attached hydrogen (secondary N) is 2. The van der Waals surface area contributed by atoms with Crippen LogP contribution in [-0.4, -0.2) is 28.2 Å². The van der Waals surface area contributed by atoms with Crippen LogP contribution in [-0.2, 0) is 0 Å². The molecule has 0 fully saturated rings. The van der Waals surface area contributed by atoms with Crippen LogP contribution in [0.1, 0.15) is 41.0 Å². The predicted molar refractivity (Wildman–Crippen MR) is 104 cm³/mol. The number of carboxylic acid groups (broad SMARTS) is 1. The summed E-state index contributed by atoms with van der Waals surface area (Å²) in [6, 6.07) is 13.0. The number of ether oxygens (including phenoxy) is 1. The first-order chi connectivity index (χ1) is 12.4. The summed E-state index contributed by atoms with van der Waals surface area (Å²) in [6.07, 6.45) is 0.987. The zero-order chi connectivity index (χ0) is 19.1. The number of carboxylic acids is 1. The Morgan fingerprint density at radius 2 is 1.81 bits per heavy atom. The molecule has 2 rings (SSSR count). The Morgan fingerprint density at radius 3 is 2.42 bits per heavy atom. The summed E-state index contributed by atoms with van der Waals surface area (Å²) in [5.74, 6) is -0.795. The third-order valence-corrected chi connectivity index (χ3v) is 3.87. The van der Waals surface area contributed by atoms with Gasteiger partial charge in [-0.1, -0.05) is 19.1 Å². The molecule has 3 N–H and O–H groups in total. The highest BCUT2D eigenvalue weighted by atomic mass is 32.1. The van der Waals surface area contributed by atoms with Crippen molar-refractivity contribution in [3.63, 3.8) is 0 Å². The molecule has 0 saturated carbocycles. The van der Waals surface area contributed by atoms with Crippen molar-refractivity contribution in [3.05, 3.63) is 59.7 Å². The van der Waals surface area contributed by atoms with E-state index < -0.39 is 11.9 Å².